The van der Waals surface area contributed by atoms with Gasteiger partial charge in [-0.2, -0.15) is 5.10 Å². The number of carbonyl (C=O) groups is 1. The molecule has 0 saturated carbocycles. The number of anilines is 1. The van der Waals surface area contributed by atoms with E-state index in [1.165, 1.54) is 17.2 Å². The third-order valence-corrected chi connectivity index (χ3v) is 6.61. The first-order chi connectivity index (χ1) is 14.8. The van der Waals surface area contributed by atoms with Gasteiger partial charge in [0.2, 0.25) is 0 Å². The van der Waals surface area contributed by atoms with Crippen molar-refractivity contribution < 1.29 is 23.4 Å². The summed E-state index contributed by atoms with van der Waals surface area (Å²) in [5, 5.41) is 13.3. The van der Waals surface area contributed by atoms with E-state index in [-0.39, 0.29) is 16.3 Å². The third kappa shape index (κ3) is 3.88. The predicted octanol–water partition coefficient (Wildman–Crippen LogP) is 2.17. The molecule has 2 aromatic rings. The highest BCUT2D eigenvalue weighted by molar-refractivity contribution is 8.03. The Morgan fingerprint density at radius 1 is 1.29 bits per heavy atom. The van der Waals surface area contributed by atoms with Gasteiger partial charge in [0.1, 0.15) is 28.8 Å². The summed E-state index contributed by atoms with van der Waals surface area (Å²) in [6.07, 6.45) is 2.13. The fourth-order valence-electron chi connectivity index (χ4n) is 4.01. The van der Waals surface area contributed by atoms with E-state index in [2.05, 4.69) is 5.10 Å². The largest absolute Gasteiger partial charge is 0.393 e. The van der Waals surface area contributed by atoms with Crippen LogP contribution in [0.25, 0.3) is 0 Å². The van der Waals surface area contributed by atoms with E-state index in [1.807, 2.05) is 0 Å². The van der Waals surface area contributed by atoms with Gasteiger partial charge in [-0.25, -0.2) is 8.78 Å². The molecule has 0 spiro atoms. The van der Waals surface area contributed by atoms with Gasteiger partial charge in [0.05, 0.1) is 34.3 Å². The second kappa shape index (κ2) is 8.48. The number of aliphatic hydroxyl groups is 1. The smallest absolute Gasteiger partial charge is 0.268 e. The summed E-state index contributed by atoms with van der Waals surface area (Å²) < 4.78 is 36.9. The van der Waals surface area contributed by atoms with Crippen LogP contribution in [0, 0.1) is 11.6 Å². The highest BCUT2D eigenvalue weighted by Gasteiger charge is 2.42. The van der Waals surface area contributed by atoms with E-state index in [0.29, 0.717) is 37.3 Å². The van der Waals surface area contributed by atoms with Gasteiger partial charge in [0.15, 0.2) is 0 Å². The molecule has 2 aliphatic heterocycles. The molecule has 1 fully saturated rings. The molecule has 1 aromatic carbocycles. The highest BCUT2D eigenvalue weighted by atomic mass is 32.2. The maximum absolute atomic E-state index is 14.7. The first-order valence-corrected chi connectivity index (χ1v) is 10.7. The molecular weight excluding hydrogens is 428 g/mol. The minimum Gasteiger partial charge on any atom is -0.393 e. The van der Waals surface area contributed by atoms with Crippen LogP contribution in [0.4, 0.5) is 14.5 Å². The normalized spacial score (nSPS) is 24.5. The molecule has 8 nitrogen and oxygen atoms in total. The number of ether oxygens (including phenoxy) is 1. The molecule has 3 unspecified atom stereocenters. The lowest BCUT2D eigenvalue weighted by Crippen LogP contribution is -2.32. The summed E-state index contributed by atoms with van der Waals surface area (Å²) in [5.41, 5.74) is 12.4. The number of aliphatic hydroxyl groups excluding tert-OH is 1. The average molecular weight is 451 g/mol. The molecule has 1 amide bonds. The first kappa shape index (κ1) is 21.6. The quantitative estimate of drug-likeness (QED) is 0.652. The fourth-order valence-corrected chi connectivity index (χ4v) is 5.23. The van der Waals surface area contributed by atoms with Crippen molar-refractivity contribution in [2.75, 3.05) is 11.5 Å². The number of halogens is 2. The summed E-state index contributed by atoms with van der Waals surface area (Å²) in [7, 11) is 1.71. The second-order valence-electron chi connectivity index (χ2n) is 7.47. The standard InChI is InChI=1S/C20H23F2N5O3S/c1-26-16(14-6-5-10(28)7-8-30-14)13(9-25-26)27-17(18(23)29)19(24)31-20(27)15-11(21)3-2-4-12(15)22/h2-4,9-10,14,20,28H,5-8,24H2,1H3,(H2,23,29). The van der Waals surface area contributed by atoms with Crippen molar-refractivity contribution in [2.45, 2.75) is 36.8 Å². The summed E-state index contributed by atoms with van der Waals surface area (Å²) in [6.45, 7) is 0.344. The van der Waals surface area contributed by atoms with Crippen molar-refractivity contribution in [3.05, 3.63) is 58.0 Å². The van der Waals surface area contributed by atoms with E-state index in [4.69, 9.17) is 16.2 Å². The van der Waals surface area contributed by atoms with Gasteiger partial charge >= 0.3 is 0 Å². The van der Waals surface area contributed by atoms with Gasteiger partial charge < -0.3 is 26.2 Å². The number of rotatable bonds is 4. The topological polar surface area (TPSA) is 120 Å². The highest BCUT2D eigenvalue weighted by Crippen LogP contribution is 2.51. The molecule has 2 aliphatic rings. The van der Waals surface area contributed by atoms with Crippen molar-refractivity contribution in [3.63, 3.8) is 0 Å². The van der Waals surface area contributed by atoms with Crippen molar-refractivity contribution in [1.82, 2.24) is 9.78 Å². The van der Waals surface area contributed by atoms with E-state index in [0.717, 1.165) is 23.9 Å². The van der Waals surface area contributed by atoms with Gasteiger partial charge in [0.25, 0.3) is 5.91 Å². The zero-order valence-corrected chi connectivity index (χ0v) is 17.6. The van der Waals surface area contributed by atoms with Crippen molar-refractivity contribution in [1.29, 1.82) is 0 Å². The first-order valence-electron chi connectivity index (χ1n) is 9.80. The van der Waals surface area contributed by atoms with Crippen LogP contribution < -0.4 is 16.4 Å². The lowest BCUT2D eigenvalue weighted by atomic mass is 10.1. The lowest BCUT2D eigenvalue weighted by molar-refractivity contribution is -0.114. The van der Waals surface area contributed by atoms with Gasteiger partial charge in [-0.05, 0) is 31.4 Å². The summed E-state index contributed by atoms with van der Waals surface area (Å²) in [6, 6.07) is 3.56. The van der Waals surface area contributed by atoms with Crippen molar-refractivity contribution >= 4 is 23.4 Å². The Kier molecular flexibility index (Phi) is 5.91. The number of benzene rings is 1. The molecule has 1 aromatic heterocycles. The molecule has 4 rings (SSSR count). The molecule has 0 radical (unpaired) electrons. The van der Waals surface area contributed by atoms with Gasteiger partial charge in [-0.1, -0.05) is 17.8 Å². The number of hydrogen-bond donors (Lipinski definition) is 3. The maximum Gasteiger partial charge on any atom is 0.268 e. The minimum atomic E-state index is -0.997. The van der Waals surface area contributed by atoms with Crippen molar-refractivity contribution in [3.8, 4) is 0 Å². The van der Waals surface area contributed by atoms with E-state index in [9.17, 15) is 18.7 Å². The Hall–Kier alpha value is -2.63. The van der Waals surface area contributed by atoms with Crippen LogP contribution in [0.2, 0.25) is 0 Å². The number of nitrogens with two attached hydrogens (primary N) is 2. The number of aromatic nitrogens is 2. The van der Waals surface area contributed by atoms with Crippen molar-refractivity contribution in [2.24, 2.45) is 18.5 Å². The van der Waals surface area contributed by atoms with Gasteiger partial charge in [-0.3, -0.25) is 9.48 Å². The molecule has 3 heterocycles. The lowest BCUT2D eigenvalue weighted by Gasteiger charge is -2.29. The maximum atomic E-state index is 14.7. The molecule has 0 bridgehead atoms. The summed E-state index contributed by atoms with van der Waals surface area (Å²) >= 11 is 0.940. The third-order valence-electron chi connectivity index (χ3n) is 5.49. The van der Waals surface area contributed by atoms with Crippen LogP contribution in [0.3, 0.4) is 0 Å². The molecule has 11 heteroatoms. The number of amides is 1. The zero-order chi connectivity index (χ0) is 22.3. The number of thioether (sulfide) groups is 1. The minimum absolute atomic E-state index is 0.0550. The number of carbonyl (C=O) groups excluding carboxylic acids is 1. The SMILES string of the molecule is Cn1ncc(N2C(C(N)=O)=C(N)SC2c2c(F)cccc2F)c1C1CCC(O)CCO1. The molecular formula is C20H23F2N5O3S. The Bertz CT molecular complexity index is 1020. The molecule has 5 N–H and O–H groups in total. The van der Waals surface area contributed by atoms with Crippen LogP contribution in [0.15, 0.2) is 35.1 Å². The molecule has 1 saturated heterocycles. The average Bonchev–Trinajstić information content (AvgIpc) is 3.15. The Balaban J connectivity index is 1.84. The van der Waals surface area contributed by atoms with Crippen LogP contribution >= 0.6 is 11.8 Å². The van der Waals surface area contributed by atoms with E-state index >= 15 is 0 Å². The molecule has 166 valence electrons. The van der Waals surface area contributed by atoms with Crippen LogP contribution in [0.1, 0.15) is 42.0 Å². The Labute approximate surface area is 181 Å². The van der Waals surface area contributed by atoms with Gasteiger partial charge in [-0.15, -0.1) is 0 Å². The second-order valence-corrected chi connectivity index (χ2v) is 8.59. The number of primary amides is 1. The fraction of sp³-hybridized carbons (Fsp3) is 0.400. The Morgan fingerprint density at radius 3 is 2.68 bits per heavy atom. The van der Waals surface area contributed by atoms with Crippen LogP contribution in [0.5, 0.6) is 0 Å². The summed E-state index contributed by atoms with van der Waals surface area (Å²) in [5.74, 6) is -2.35. The predicted molar refractivity (Wildman–Crippen MR) is 111 cm³/mol. The Morgan fingerprint density at radius 2 is 2.00 bits per heavy atom. The number of aryl methyl sites for hydroxylation is 1. The molecule has 31 heavy (non-hydrogen) atoms. The van der Waals surface area contributed by atoms with Crippen LogP contribution in [-0.2, 0) is 16.6 Å². The monoisotopic (exact) mass is 451 g/mol. The van der Waals surface area contributed by atoms with Crippen LogP contribution in [-0.4, -0.2) is 33.5 Å². The van der Waals surface area contributed by atoms with E-state index in [1.54, 1.807) is 11.7 Å². The zero-order valence-electron chi connectivity index (χ0n) is 16.8. The number of hydrogen-bond acceptors (Lipinski definition) is 7. The van der Waals surface area contributed by atoms with E-state index < -0.39 is 35.1 Å². The molecule has 0 aliphatic carbocycles. The molecule has 3 atom stereocenters. The number of nitrogens with zero attached hydrogens (tertiary/aromatic N) is 3. The summed E-state index contributed by atoms with van der Waals surface area (Å²) in [4.78, 5) is 13.7. The van der Waals surface area contributed by atoms with Gasteiger partial charge in [0, 0.05) is 13.7 Å².